The van der Waals surface area contributed by atoms with Crippen LogP contribution in [-0.4, -0.2) is 17.3 Å². The SMILES string of the molecule is C[C@H](O)[C@H]1O[C@@](C)(c2ccccc2)C1(C)C. The van der Waals surface area contributed by atoms with Crippen molar-refractivity contribution in [1.29, 1.82) is 0 Å². The third-order valence-corrected chi connectivity index (χ3v) is 4.07. The highest BCUT2D eigenvalue weighted by atomic mass is 16.6. The van der Waals surface area contributed by atoms with Gasteiger partial charge in [0.2, 0.25) is 0 Å². The van der Waals surface area contributed by atoms with E-state index in [0.717, 1.165) is 0 Å². The van der Waals surface area contributed by atoms with Gasteiger partial charge in [0.05, 0.1) is 17.8 Å². The number of hydrogen-bond acceptors (Lipinski definition) is 2. The van der Waals surface area contributed by atoms with Crippen LogP contribution in [0.4, 0.5) is 0 Å². The second-order valence-electron chi connectivity index (χ2n) is 5.40. The van der Waals surface area contributed by atoms with E-state index in [1.807, 2.05) is 18.2 Å². The predicted octanol–water partition coefficient (Wildman–Crippen LogP) is 2.71. The highest BCUT2D eigenvalue weighted by molar-refractivity contribution is 5.28. The molecule has 0 radical (unpaired) electrons. The molecule has 0 amide bonds. The van der Waals surface area contributed by atoms with E-state index in [1.165, 1.54) is 5.56 Å². The zero-order chi connectivity index (χ0) is 12.0. The van der Waals surface area contributed by atoms with Crippen molar-refractivity contribution >= 4 is 0 Å². The van der Waals surface area contributed by atoms with Gasteiger partial charge in [-0.15, -0.1) is 0 Å². The van der Waals surface area contributed by atoms with E-state index in [9.17, 15) is 5.11 Å². The maximum absolute atomic E-state index is 9.66. The van der Waals surface area contributed by atoms with Crippen molar-refractivity contribution in [3.8, 4) is 0 Å². The van der Waals surface area contributed by atoms with Crippen LogP contribution in [-0.2, 0) is 10.3 Å². The lowest BCUT2D eigenvalue weighted by Crippen LogP contribution is -2.65. The summed E-state index contributed by atoms with van der Waals surface area (Å²) in [6, 6.07) is 10.2. The van der Waals surface area contributed by atoms with Gasteiger partial charge in [-0.25, -0.2) is 0 Å². The van der Waals surface area contributed by atoms with Gasteiger partial charge < -0.3 is 9.84 Å². The summed E-state index contributed by atoms with van der Waals surface area (Å²) < 4.78 is 5.94. The first-order valence-electron chi connectivity index (χ1n) is 5.81. The number of aliphatic hydroxyl groups is 1. The fourth-order valence-corrected chi connectivity index (χ4v) is 2.66. The molecule has 16 heavy (non-hydrogen) atoms. The predicted molar refractivity (Wildman–Crippen MR) is 64.1 cm³/mol. The Kier molecular flexibility index (Phi) is 2.59. The van der Waals surface area contributed by atoms with Crippen LogP contribution in [0.2, 0.25) is 0 Å². The maximum Gasteiger partial charge on any atom is 0.0985 e. The largest absolute Gasteiger partial charge is 0.391 e. The van der Waals surface area contributed by atoms with E-state index in [4.69, 9.17) is 4.74 Å². The summed E-state index contributed by atoms with van der Waals surface area (Å²) in [6.07, 6.45) is -0.510. The number of ether oxygens (including phenoxy) is 1. The fourth-order valence-electron chi connectivity index (χ4n) is 2.66. The van der Waals surface area contributed by atoms with E-state index in [0.29, 0.717) is 0 Å². The summed E-state index contributed by atoms with van der Waals surface area (Å²) in [6.45, 7) is 8.19. The molecule has 0 bridgehead atoms. The molecule has 2 heteroatoms. The second-order valence-corrected chi connectivity index (χ2v) is 5.40. The molecule has 1 aromatic carbocycles. The molecule has 1 fully saturated rings. The van der Waals surface area contributed by atoms with Gasteiger partial charge in [0.1, 0.15) is 0 Å². The third-order valence-electron chi connectivity index (χ3n) is 4.07. The number of benzene rings is 1. The van der Waals surface area contributed by atoms with Gasteiger partial charge in [-0.1, -0.05) is 44.2 Å². The summed E-state index contributed by atoms with van der Waals surface area (Å²) in [5.41, 5.74) is 0.829. The van der Waals surface area contributed by atoms with Crippen LogP contribution in [0.3, 0.4) is 0 Å². The average molecular weight is 220 g/mol. The summed E-state index contributed by atoms with van der Waals surface area (Å²) in [5, 5.41) is 9.66. The van der Waals surface area contributed by atoms with E-state index >= 15 is 0 Å². The molecule has 1 aliphatic rings. The molecule has 1 aromatic rings. The molecule has 1 aliphatic heterocycles. The summed E-state index contributed by atoms with van der Waals surface area (Å²) >= 11 is 0. The molecular weight excluding hydrogens is 200 g/mol. The molecule has 0 saturated carbocycles. The zero-order valence-corrected chi connectivity index (χ0v) is 10.4. The summed E-state index contributed by atoms with van der Waals surface area (Å²) in [4.78, 5) is 0. The number of hydrogen-bond donors (Lipinski definition) is 1. The van der Waals surface area contributed by atoms with Crippen molar-refractivity contribution in [2.75, 3.05) is 0 Å². The standard InChI is InChI=1S/C14H20O2/c1-10(15)12-13(2,3)14(4,16-12)11-8-6-5-7-9-11/h5-10,12,15H,1-4H3/t10-,12+,14-/m0/s1. The molecule has 88 valence electrons. The first-order valence-corrected chi connectivity index (χ1v) is 5.81. The van der Waals surface area contributed by atoms with Crippen molar-refractivity contribution in [3.05, 3.63) is 35.9 Å². The van der Waals surface area contributed by atoms with Crippen molar-refractivity contribution in [2.45, 2.75) is 45.5 Å². The van der Waals surface area contributed by atoms with Gasteiger partial charge in [-0.3, -0.25) is 0 Å². The minimum absolute atomic E-state index is 0.0531. The quantitative estimate of drug-likeness (QED) is 0.830. The lowest BCUT2D eigenvalue weighted by Gasteiger charge is -2.61. The zero-order valence-electron chi connectivity index (χ0n) is 10.4. The van der Waals surface area contributed by atoms with E-state index in [-0.39, 0.29) is 17.1 Å². The van der Waals surface area contributed by atoms with Gasteiger partial charge >= 0.3 is 0 Å². The van der Waals surface area contributed by atoms with Crippen molar-refractivity contribution < 1.29 is 9.84 Å². The molecule has 0 unspecified atom stereocenters. The molecular formula is C14H20O2. The summed E-state index contributed by atoms with van der Waals surface area (Å²) in [5.74, 6) is 0. The maximum atomic E-state index is 9.66. The lowest BCUT2D eigenvalue weighted by atomic mass is 9.62. The van der Waals surface area contributed by atoms with Gasteiger partial charge in [0, 0.05) is 5.41 Å². The Labute approximate surface area is 97.3 Å². The average Bonchev–Trinajstić information content (AvgIpc) is 2.26. The highest BCUT2D eigenvalue weighted by Crippen LogP contribution is 2.56. The number of rotatable bonds is 2. The van der Waals surface area contributed by atoms with Crippen molar-refractivity contribution in [2.24, 2.45) is 5.41 Å². The smallest absolute Gasteiger partial charge is 0.0985 e. The molecule has 1 heterocycles. The van der Waals surface area contributed by atoms with Gasteiger partial charge in [-0.05, 0) is 19.4 Å². The normalized spacial score (nSPS) is 34.2. The number of aliphatic hydroxyl groups excluding tert-OH is 1. The van der Waals surface area contributed by atoms with E-state index < -0.39 is 6.10 Å². The van der Waals surface area contributed by atoms with Crippen LogP contribution >= 0.6 is 0 Å². The van der Waals surface area contributed by atoms with Crippen LogP contribution in [0.25, 0.3) is 0 Å². The summed E-state index contributed by atoms with van der Waals surface area (Å²) in [7, 11) is 0. The van der Waals surface area contributed by atoms with Gasteiger partial charge in [0.15, 0.2) is 0 Å². The van der Waals surface area contributed by atoms with Crippen LogP contribution < -0.4 is 0 Å². The molecule has 3 atom stereocenters. The molecule has 0 aromatic heterocycles. The van der Waals surface area contributed by atoms with E-state index in [2.05, 4.69) is 32.9 Å². The highest BCUT2D eigenvalue weighted by Gasteiger charge is 2.60. The Hall–Kier alpha value is -0.860. The van der Waals surface area contributed by atoms with Crippen LogP contribution in [0, 0.1) is 5.41 Å². The molecule has 1 saturated heterocycles. The Bertz CT molecular complexity index is 370. The molecule has 2 nitrogen and oxygen atoms in total. The van der Waals surface area contributed by atoms with Gasteiger partial charge in [0.25, 0.3) is 0 Å². The first kappa shape index (κ1) is 11.6. The minimum Gasteiger partial charge on any atom is -0.391 e. The van der Waals surface area contributed by atoms with Gasteiger partial charge in [-0.2, -0.15) is 0 Å². The van der Waals surface area contributed by atoms with Crippen LogP contribution in [0.1, 0.15) is 33.3 Å². The third kappa shape index (κ3) is 1.40. The topological polar surface area (TPSA) is 29.5 Å². The Morgan fingerprint density at radius 2 is 1.75 bits per heavy atom. The monoisotopic (exact) mass is 220 g/mol. The Morgan fingerprint density at radius 1 is 1.19 bits per heavy atom. The second kappa shape index (κ2) is 3.57. The Balaban J connectivity index is 2.31. The molecule has 1 N–H and O–H groups in total. The van der Waals surface area contributed by atoms with Crippen LogP contribution in [0.15, 0.2) is 30.3 Å². The minimum atomic E-state index is -0.424. The van der Waals surface area contributed by atoms with E-state index in [1.54, 1.807) is 6.92 Å². The lowest BCUT2D eigenvalue weighted by molar-refractivity contribution is -0.329. The first-order chi connectivity index (χ1) is 7.39. The molecule has 0 spiro atoms. The van der Waals surface area contributed by atoms with Crippen LogP contribution in [0.5, 0.6) is 0 Å². The fraction of sp³-hybridized carbons (Fsp3) is 0.571. The van der Waals surface area contributed by atoms with Crippen molar-refractivity contribution in [3.63, 3.8) is 0 Å². The molecule has 0 aliphatic carbocycles. The van der Waals surface area contributed by atoms with Crippen molar-refractivity contribution in [1.82, 2.24) is 0 Å². The molecule has 2 rings (SSSR count). The Morgan fingerprint density at radius 3 is 2.19 bits per heavy atom.